The van der Waals surface area contributed by atoms with Gasteiger partial charge in [-0.05, 0) is 42.3 Å². The Morgan fingerprint density at radius 2 is 1.80 bits per heavy atom. The first-order valence-corrected chi connectivity index (χ1v) is 10.1. The molecule has 0 bridgehead atoms. The van der Waals surface area contributed by atoms with Gasteiger partial charge in [0.2, 0.25) is 5.13 Å². The summed E-state index contributed by atoms with van der Waals surface area (Å²) < 4.78 is 14.2. The predicted octanol–water partition coefficient (Wildman–Crippen LogP) is 5.82. The number of carbonyl (C=O) groups is 1. The molecule has 0 fully saturated rings. The molecule has 0 aliphatic heterocycles. The summed E-state index contributed by atoms with van der Waals surface area (Å²) in [7, 11) is 0. The number of nitrogens with zero attached hydrogens (tertiary/aromatic N) is 3. The molecule has 0 unspecified atom stereocenters. The molecule has 0 spiro atoms. The molecule has 148 valence electrons. The normalized spacial score (nSPS) is 11.5. The van der Waals surface area contributed by atoms with Gasteiger partial charge in [0, 0.05) is 6.08 Å². The zero-order valence-corrected chi connectivity index (χ0v) is 17.0. The highest BCUT2D eigenvalue weighted by molar-refractivity contribution is 7.22. The van der Waals surface area contributed by atoms with Gasteiger partial charge >= 0.3 is 0 Å². The molecule has 1 aromatic heterocycles. The van der Waals surface area contributed by atoms with Gasteiger partial charge in [-0.1, -0.05) is 71.5 Å². The van der Waals surface area contributed by atoms with E-state index < -0.39 is 0 Å². The zero-order valence-electron chi connectivity index (χ0n) is 16.2. The van der Waals surface area contributed by atoms with E-state index in [1.165, 1.54) is 34.6 Å². The third-order valence-electron chi connectivity index (χ3n) is 4.35. The number of aromatic nitrogens is 1. The second-order valence-corrected chi connectivity index (χ2v) is 7.67. The number of hydrogen-bond donors (Lipinski definition) is 0. The fourth-order valence-electron chi connectivity index (χ4n) is 2.76. The van der Waals surface area contributed by atoms with Crippen molar-refractivity contribution in [3.8, 4) is 0 Å². The van der Waals surface area contributed by atoms with Crippen molar-refractivity contribution in [2.75, 3.05) is 5.01 Å². The van der Waals surface area contributed by atoms with E-state index in [0.717, 1.165) is 16.7 Å². The largest absolute Gasteiger partial charge is 0.273 e. The van der Waals surface area contributed by atoms with Crippen molar-refractivity contribution in [3.63, 3.8) is 0 Å². The monoisotopic (exact) mass is 415 g/mol. The van der Waals surface area contributed by atoms with Crippen LogP contribution in [0, 0.1) is 12.7 Å². The van der Waals surface area contributed by atoms with Crippen LogP contribution in [0.3, 0.4) is 0 Å². The van der Waals surface area contributed by atoms with E-state index in [9.17, 15) is 9.18 Å². The van der Waals surface area contributed by atoms with Gasteiger partial charge < -0.3 is 0 Å². The van der Waals surface area contributed by atoms with Crippen LogP contribution >= 0.6 is 11.3 Å². The van der Waals surface area contributed by atoms with E-state index >= 15 is 0 Å². The van der Waals surface area contributed by atoms with E-state index in [1.807, 2.05) is 61.5 Å². The Morgan fingerprint density at radius 1 is 1.03 bits per heavy atom. The van der Waals surface area contributed by atoms with E-state index in [-0.39, 0.29) is 11.7 Å². The maximum Gasteiger partial charge on any atom is 0.273 e. The Labute approximate surface area is 177 Å². The summed E-state index contributed by atoms with van der Waals surface area (Å²) in [4.78, 5) is 17.4. The Bertz CT molecular complexity index is 1230. The Balaban J connectivity index is 1.68. The number of anilines is 1. The van der Waals surface area contributed by atoms with Crippen LogP contribution in [-0.2, 0) is 4.79 Å². The molecule has 1 heterocycles. The highest BCUT2D eigenvalue weighted by Gasteiger charge is 2.17. The molecule has 4 nitrogen and oxygen atoms in total. The molecule has 6 heteroatoms. The summed E-state index contributed by atoms with van der Waals surface area (Å²) >= 11 is 1.21. The van der Waals surface area contributed by atoms with Crippen molar-refractivity contribution < 1.29 is 9.18 Å². The molecule has 0 saturated heterocycles. The van der Waals surface area contributed by atoms with Crippen molar-refractivity contribution in [3.05, 3.63) is 101 Å². The number of thiazole rings is 1. The molecule has 0 saturated carbocycles. The highest BCUT2D eigenvalue weighted by atomic mass is 32.1. The SMILES string of the molecule is Cc1ccc(/C=N/N(C(=O)/C=C/c2ccccc2)c2nc3ccc(F)cc3s2)cc1. The van der Waals surface area contributed by atoms with Crippen molar-refractivity contribution in [1.82, 2.24) is 4.98 Å². The lowest BCUT2D eigenvalue weighted by Gasteiger charge is -2.11. The van der Waals surface area contributed by atoms with E-state index in [4.69, 9.17) is 0 Å². The Morgan fingerprint density at radius 3 is 2.57 bits per heavy atom. The van der Waals surface area contributed by atoms with Crippen LogP contribution in [0.2, 0.25) is 0 Å². The molecule has 4 aromatic rings. The van der Waals surface area contributed by atoms with Crippen molar-refractivity contribution in [2.24, 2.45) is 5.10 Å². The quantitative estimate of drug-likeness (QED) is 0.234. The first-order chi connectivity index (χ1) is 14.6. The second kappa shape index (κ2) is 8.80. The molecule has 0 aliphatic carbocycles. The number of halogens is 1. The average molecular weight is 415 g/mol. The van der Waals surface area contributed by atoms with E-state index in [1.54, 1.807) is 18.4 Å². The number of rotatable bonds is 5. The highest BCUT2D eigenvalue weighted by Crippen LogP contribution is 2.30. The Hall–Kier alpha value is -3.64. The number of benzene rings is 3. The predicted molar refractivity (Wildman–Crippen MR) is 121 cm³/mol. The molecule has 0 N–H and O–H groups in total. The molecule has 30 heavy (non-hydrogen) atoms. The van der Waals surface area contributed by atoms with Crippen LogP contribution in [-0.4, -0.2) is 17.1 Å². The molecular weight excluding hydrogens is 397 g/mol. The maximum absolute atomic E-state index is 13.6. The molecule has 3 aromatic carbocycles. The van der Waals surface area contributed by atoms with Gasteiger partial charge in [0.1, 0.15) is 5.82 Å². The van der Waals surface area contributed by atoms with Crippen LogP contribution in [0.25, 0.3) is 16.3 Å². The third kappa shape index (κ3) is 4.67. The van der Waals surface area contributed by atoms with Crippen molar-refractivity contribution in [1.29, 1.82) is 0 Å². The fraction of sp³-hybridized carbons (Fsp3) is 0.0417. The van der Waals surface area contributed by atoms with Gasteiger partial charge in [0.15, 0.2) is 0 Å². The molecular formula is C24H18FN3OS. The summed E-state index contributed by atoms with van der Waals surface area (Å²) in [6.07, 6.45) is 4.79. The number of carbonyl (C=O) groups excluding carboxylic acids is 1. The zero-order chi connectivity index (χ0) is 20.9. The third-order valence-corrected chi connectivity index (χ3v) is 5.34. The second-order valence-electron chi connectivity index (χ2n) is 6.66. The lowest BCUT2D eigenvalue weighted by atomic mass is 10.2. The first kappa shape index (κ1) is 19.7. The number of hydrazone groups is 1. The molecule has 0 radical (unpaired) electrons. The summed E-state index contributed by atoms with van der Waals surface area (Å²) in [5, 5.41) is 6.00. The van der Waals surface area contributed by atoms with Gasteiger partial charge in [0.25, 0.3) is 5.91 Å². The van der Waals surface area contributed by atoms with Gasteiger partial charge in [-0.25, -0.2) is 9.37 Å². The first-order valence-electron chi connectivity index (χ1n) is 9.32. The standard InChI is InChI=1S/C24H18FN3OS/c1-17-7-9-19(10-8-17)16-26-28(23(29)14-11-18-5-3-2-4-6-18)24-27-21-13-12-20(25)15-22(21)30-24/h2-16H,1H3/b14-11+,26-16+. The molecule has 4 rings (SSSR count). The lowest BCUT2D eigenvalue weighted by molar-refractivity contribution is -0.114. The number of fused-ring (bicyclic) bond motifs is 1. The minimum Gasteiger partial charge on any atom is -0.267 e. The fourth-order valence-corrected chi connectivity index (χ4v) is 3.71. The summed E-state index contributed by atoms with van der Waals surface area (Å²) in [6, 6.07) is 21.7. The smallest absolute Gasteiger partial charge is 0.267 e. The van der Waals surface area contributed by atoms with Crippen LogP contribution < -0.4 is 5.01 Å². The lowest BCUT2D eigenvalue weighted by Crippen LogP contribution is -2.23. The van der Waals surface area contributed by atoms with Crippen LogP contribution in [0.4, 0.5) is 9.52 Å². The minimum atomic E-state index is -0.346. The van der Waals surface area contributed by atoms with Gasteiger partial charge in [0.05, 0.1) is 16.4 Å². The molecule has 0 aliphatic rings. The van der Waals surface area contributed by atoms with Crippen LogP contribution in [0.5, 0.6) is 0 Å². The maximum atomic E-state index is 13.6. The molecule has 1 amide bonds. The van der Waals surface area contributed by atoms with Crippen LogP contribution in [0.15, 0.2) is 84.0 Å². The summed E-state index contributed by atoms with van der Waals surface area (Å²) in [6.45, 7) is 2.01. The van der Waals surface area contributed by atoms with Crippen molar-refractivity contribution in [2.45, 2.75) is 6.92 Å². The Kier molecular flexibility index (Phi) is 5.77. The van der Waals surface area contributed by atoms with E-state index in [2.05, 4.69) is 10.1 Å². The number of amides is 1. The van der Waals surface area contributed by atoms with Gasteiger partial charge in [-0.3, -0.25) is 4.79 Å². The van der Waals surface area contributed by atoms with Crippen molar-refractivity contribution >= 4 is 44.9 Å². The average Bonchev–Trinajstić information content (AvgIpc) is 3.17. The van der Waals surface area contributed by atoms with Gasteiger partial charge in [-0.15, -0.1) is 0 Å². The topological polar surface area (TPSA) is 45.6 Å². The summed E-state index contributed by atoms with van der Waals surface area (Å²) in [5.41, 5.74) is 3.52. The number of aryl methyl sites for hydroxylation is 1. The summed E-state index contributed by atoms with van der Waals surface area (Å²) in [5.74, 6) is -0.690. The van der Waals surface area contributed by atoms with Crippen LogP contribution in [0.1, 0.15) is 16.7 Å². The minimum absolute atomic E-state index is 0.345. The number of hydrogen-bond acceptors (Lipinski definition) is 4. The van der Waals surface area contributed by atoms with E-state index in [0.29, 0.717) is 15.3 Å². The molecule has 0 atom stereocenters. The van der Waals surface area contributed by atoms with Gasteiger partial charge in [-0.2, -0.15) is 10.1 Å².